The van der Waals surface area contributed by atoms with Gasteiger partial charge in [0.05, 0.1) is 0 Å². The molecule has 1 aromatic rings. The van der Waals surface area contributed by atoms with Gasteiger partial charge in [-0.15, -0.1) is 0 Å². The molecule has 0 unspecified atom stereocenters. The smallest absolute Gasteiger partial charge is 0.224 e. The number of aromatic nitrogens is 2. The Bertz CT molecular complexity index is 349. The molecule has 0 spiro atoms. The van der Waals surface area contributed by atoms with E-state index < -0.39 is 0 Å². The molecule has 0 bridgehead atoms. The zero-order chi connectivity index (χ0) is 12.8. The number of nitrogens with zero attached hydrogens (tertiary/aromatic N) is 3. The lowest BCUT2D eigenvalue weighted by Crippen LogP contribution is -2.23. The molecule has 2 heterocycles. The molecule has 1 aliphatic heterocycles. The van der Waals surface area contributed by atoms with E-state index in [2.05, 4.69) is 9.97 Å². The number of rotatable bonds is 5. The first kappa shape index (κ1) is 13.2. The van der Waals surface area contributed by atoms with Gasteiger partial charge in [-0.25, -0.2) is 9.97 Å². The second-order valence-electron chi connectivity index (χ2n) is 4.77. The molecule has 2 N–H and O–H groups in total. The highest BCUT2D eigenvalue weighted by Crippen LogP contribution is 2.26. The molecule has 0 saturated carbocycles. The van der Waals surface area contributed by atoms with E-state index in [1.54, 1.807) is 0 Å². The van der Waals surface area contributed by atoms with Crippen LogP contribution in [0.4, 0.5) is 5.95 Å². The molecule has 0 amide bonds. The molecule has 0 radical (unpaired) electrons. The first-order valence-electron chi connectivity index (χ1n) is 6.62. The monoisotopic (exact) mass is 250 g/mol. The van der Waals surface area contributed by atoms with Crippen molar-refractivity contribution >= 4 is 5.95 Å². The zero-order valence-corrected chi connectivity index (χ0v) is 11.0. The van der Waals surface area contributed by atoms with Gasteiger partial charge in [0.15, 0.2) is 0 Å². The summed E-state index contributed by atoms with van der Waals surface area (Å²) in [6, 6.07) is 0. The molecule has 0 aliphatic carbocycles. The normalized spacial score (nSPS) is 16.8. The highest BCUT2D eigenvalue weighted by molar-refractivity contribution is 5.29. The van der Waals surface area contributed by atoms with Crippen LogP contribution < -0.4 is 10.6 Å². The van der Waals surface area contributed by atoms with Crippen molar-refractivity contribution in [2.24, 2.45) is 5.73 Å². The Labute approximate surface area is 108 Å². The Morgan fingerprint density at radius 2 is 2.00 bits per heavy atom. The molecule has 0 aromatic carbocycles. The van der Waals surface area contributed by atoms with Crippen molar-refractivity contribution < 1.29 is 4.74 Å². The fraction of sp³-hybridized carbons (Fsp3) is 0.692. The lowest BCUT2D eigenvalue weighted by molar-refractivity contribution is 0.0852. The van der Waals surface area contributed by atoms with Crippen molar-refractivity contribution in [3.05, 3.63) is 18.0 Å². The second-order valence-corrected chi connectivity index (χ2v) is 4.77. The third-order valence-corrected chi connectivity index (χ3v) is 3.39. The summed E-state index contributed by atoms with van der Waals surface area (Å²) in [5.41, 5.74) is 6.73. The topological polar surface area (TPSA) is 64.3 Å². The average molecular weight is 250 g/mol. The highest BCUT2D eigenvalue weighted by atomic mass is 16.5. The summed E-state index contributed by atoms with van der Waals surface area (Å²) in [7, 11) is 2.00. The van der Waals surface area contributed by atoms with Crippen molar-refractivity contribution in [1.29, 1.82) is 0 Å². The minimum Gasteiger partial charge on any atom is -0.381 e. The molecule has 1 aromatic heterocycles. The lowest BCUT2D eigenvalue weighted by Gasteiger charge is -2.22. The van der Waals surface area contributed by atoms with Gasteiger partial charge < -0.3 is 15.4 Å². The number of nitrogens with two attached hydrogens (primary N) is 1. The van der Waals surface area contributed by atoms with E-state index in [1.807, 2.05) is 24.3 Å². The van der Waals surface area contributed by atoms with Crippen molar-refractivity contribution in [3.8, 4) is 0 Å². The van der Waals surface area contributed by atoms with E-state index in [9.17, 15) is 0 Å². The van der Waals surface area contributed by atoms with Crippen LogP contribution in [0.25, 0.3) is 0 Å². The van der Waals surface area contributed by atoms with Gasteiger partial charge in [0.25, 0.3) is 0 Å². The summed E-state index contributed by atoms with van der Waals surface area (Å²) >= 11 is 0. The number of hydrogen-bond donors (Lipinski definition) is 1. The molecule has 1 fully saturated rings. The summed E-state index contributed by atoms with van der Waals surface area (Å²) in [6.07, 6.45) is 7.02. The van der Waals surface area contributed by atoms with Crippen LogP contribution in [0.2, 0.25) is 0 Å². The van der Waals surface area contributed by atoms with E-state index in [0.29, 0.717) is 12.5 Å². The number of anilines is 1. The summed E-state index contributed by atoms with van der Waals surface area (Å²) in [6.45, 7) is 3.29. The molecular weight excluding hydrogens is 228 g/mol. The molecule has 1 aliphatic rings. The molecule has 5 heteroatoms. The highest BCUT2D eigenvalue weighted by Gasteiger charge is 2.16. The van der Waals surface area contributed by atoms with Gasteiger partial charge in [-0.1, -0.05) is 0 Å². The van der Waals surface area contributed by atoms with Crippen LogP contribution in [0, 0.1) is 0 Å². The molecule has 100 valence electrons. The minimum atomic E-state index is 0.558. The average Bonchev–Trinajstić information content (AvgIpc) is 2.46. The summed E-state index contributed by atoms with van der Waals surface area (Å²) in [5.74, 6) is 1.33. The predicted molar refractivity (Wildman–Crippen MR) is 71.8 cm³/mol. The molecule has 5 nitrogen and oxygen atoms in total. The first-order chi connectivity index (χ1) is 8.81. The van der Waals surface area contributed by atoms with Crippen molar-refractivity contribution in [3.63, 3.8) is 0 Å². The molecule has 1 saturated heterocycles. The Kier molecular flexibility index (Phi) is 4.90. The Morgan fingerprint density at radius 3 is 2.61 bits per heavy atom. The Morgan fingerprint density at radius 1 is 1.33 bits per heavy atom. The van der Waals surface area contributed by atoms with E-state index in [-0.39, 0.29) is 0 Å². The van der Waals surface area contributed by atoms with E-state index >= 15 is 0 Å². The fourth-order valence-electron chi connectivity index (χ4n) is 2.20. The zero-order valence-electron chi connectivity index (χ0n) is 11.0. The molecular formula is C13H22N4O. The van der Waals surface area contributed by atoms with Gasteiger partial charge >= 0.3 is 0 Å². The summed E-state index contributed by atoms with van der Waals surface area (Å²) < 4.78 is 5.37. The van der Waals surface area contributed by atoms with Crippen LogP contribution in [-0.4, -0.2) is 43.3 Å². The van der Waals surface area contributed by atoms with Gasteiger partial charge in [0.2, 0.25) is 5.95 Å². The van der Waals surface area contributed by atoms with Crippen LogP contribution in [-0.2, 0) is 4.74 Å². The first-order valence-corrected chi connectivity index (χ1v) is 6.62. The van der Waals surface area contributed by atoms with Crippen LogP contribution in [0.3, 0.4) is 0 Å². The van der Waals surface area contributed by atoms with Crippen LogP contribution in [0.1, 0.15) is 30.7 Å². The van der Waals surface area contributed by atoms with Crippen molar-refractivity contribution in [2.75, 3.05) is 38.3 Å². The van der Waals surface area contributed by atoms with E-state index in [0.717, 1.165) is 45.0 Å². The van der Waals surface area contributed by atoms with Gasteiger partial charge in [-0.05, 0) is 37.3 Å². The quantitative estimate of drug-likeness (QED) is 0.849. The maximum absolute atomic E-state index is 5.50. The predicted octanol–water partition coefficient (Wildman–Crippen LogP) is 1.16. The standard InChI is InChI=1S/C13H22N4O/c1-17(6-2-5-14)13-15-9-12(10-16-13)11-3-7-18-8-4-11/h9-11H,2-8,14H2,1H3. The SMILES string of the molecule is CN(CCCN)c1ncc(C2CCOCC2)cn1. The van der Waals surface area contributed by atoms with Crippen LogP contribution >= 0.6 is 0 Å². The molecule has 0 atom stereocenters. The van der Waals surface area contributed by atoms with Gasteiger partial charge in [0.1, 0.15) is 0 Å². The second kappa shape index (κ2) is 6.66. The molecule has 2 rings (SSSR count). The number of hydrogen-bond acceptors (Lipinski definition) is 5. The molecule has 18 heavy (non-hydrogen) atoms. The van der Waals surface area contributed by atoms with Crippen molar-refractivity contribution in [2.45, 2.75) is 25.2 Å². The third-order valence-electron chi connectivity index (χ3n) is 3.39. The Hall–Kier alpha value is -1.20. The maximum atomic E-state index is 5.50. The minimum absolute atomic E-state index is 0.558. The van der Waals surface area contributed by atoms with Gasteiger partial charge in [0, 0.05) is 39.2 Å². The van der Waals surface area contributed by atoms with Crippen molar-refractivity contribution in [1.82, 2.24) is 9.97 Å². The third kappa shape index (κ3) is 3.40. The fourth-order valence-corrected chi connectivity index (χ4v) is 2.20. The summed E-state index contributed by atoms with van der Waals surface area (Å²) in [4.78, 5) is 10.9. The van der Waals surface area contributed by atoms with E-state index in [1.165, 1.54) is 5.56 Å². The lowest BCUT2D eigenvalue weighted by atomic mass is 9.94. The number of ether oxygens (including phenoxy) is 1. The Balaban J connectivity index is 1.95. The maximum Gasteiger partial charge on any atom is 0.224 e. The van der Waals surface area contributed by atoms with Gasteiger partial charge in [-0.3, -0.25) is 0 Å². The van der Waals surface area contributed by atoms with E-state index in [4.69, 9.17) is 10.5 Å². The largest absolute Gasteiger partial charge is 0.381 e. The van der Waals surface area contributed by atoms with Gasteiger partial charge in [-0.2, -0.15) is 0 Å². The van der Waals surface area contributed by atoms with Crippen LogP contribution in [0.15, 0.2) is 12.4 Å². The summed E-state index contributed by atoms with van der Waals surface area (Å²) in [5, 5.41) is 0. The van der Waals surface area contributed by atoms with Crippen LogP contribution in [0.5, 0.6) is 0 Å².